The summed E-state index contributed by atoms with van der Waals surface area (Å²) >= 11 is 0. The molecule has 3 heteroatoms. The Balaban J connectivity index is 1.73. The highest BCUT2D eigenvalue weighted by Crippen LogP contribution is 2.51. The van der Waals surface area contributed by atoms with Crippen molar-refractivity contribution in [3.63, 3.8) is 0 Å². The standard InChI is InChI=1S/C15H25BO2/c1-10-11-6-7-12(8-11)13(10)9-16-17-14(2,3)15(4,5)18-16/h11-12H,6-9H2,1-5H3/t11-,12-/m0/s1. The summed E-state index contributed by atoms with van der Waals surface area (Å²) in [6.07, 6.45) is 5.17. The van der Waals surface area contributed by atoms with Gasteiger partial charge in [-0.25, -0.2) is 0 Å². The van der Waals surface area contributed by atoms with E-state index < -0.39 is 0 Å². The van der Waals surface area contributed by atoms with Gasteiger partial charge in [-0.2, -0.15) is 0 Å². The Morgan fingerprint density at radius 2 is 1.61 bits per heavy atom. The van der Waals surface area contributed by atoms with E-state index in [1.165, 1.54) is 19.3 Å². The van der Waals surface area contributed by atoms with Crippen molar-refractivity contribution < 1.29 is 9.31 Å². The molecule has 2 bridgehead atoms. The third-order valence-corrected chi connectivity index (χ3v) is 5.73. The first-order chi connectivity index (χ1) is 8.30. The molecule has 0 unspecified atom stereocenters. The van der Waals surface area contributed by atoms with E-state index in [1.807, 2.05) is 0 Å². The molecule has 2 fully saturated rings. The molecule has 1 aliphatic heterocycles. The molecule has 2 nitrogen and oxygen atoms in total. The van der Waals surface area contributed by atoms with Crippen LogP contribution in [0.3, 0.4) is 0 Å². The van der Waals surface area contributed by atoms with Crippen LogP contribution in [0.25, 0.3) is 0 Å². The predicted molar refractivity (Wildman–Crippen MR) is 74.4 cm³/mol. The van der Waals surface area contributed by atoms with Gasteiger partial charge in [0.05, 0.1) is 11.2 Å². The SMILES string of the molecule is CC1=C(CB2OC(C)(C)C(C)(C)O2)[C@H]2CC[C@H]1C2. The lowest BCUT2D eigenvalue weighted by Gasteiger charge is -2.32. The van der Waals surface area contributed by atoms with E-state index in [0.29, 0.717) is 0 Å². The number of rotatable bonds is 2. The minimum absolute atomic E-state index is 0.0423. The van der Waals surface area contributed by atoms with Gasteiger partial charge in [0.25, 0.3) is 0 Å². The molecule has 1 saturated heterocycles. The molecule has 3 rings (SSSR count). The van der Waals surface area contributed by atoms with Crippen molar-refractivity contribution in [1.29, 1.82) is 0 Å². The monoisotopic (exact) mass is 248 g/mol. The fraction of sp³-hybridized carbons (Fsp3) is 0.867. The lowest BCUT2D eigenvalue weighted by Crippen LogP contribution is -2.41. The normalized spacial score (nSPS) is 36.8. The van der Waals surface area contributed by atoms with Crippen LogP contribution in [0.1, 0.15) is 53.9 Å². The van der Waals surface area contributed by atoms with E-state index in [9.17, 15) is 0 Å². The van der Waals surface area contributed by atoms with Gasteiger partial charge < -0.3 is 9.31 Å². The molecule has 0 N–H and O–H groups in total. The minimum atomic E-state index is -0.191. The fourth-order valence-electron chi connectivity index (χ4n) is 3.83. The lowest BCUT2D eigenvalue weighted by molar-refractivity contribution is 0.00578. The van der Waals surface area contributed by atoms with Crippen LogP contribution in [0.4, 0.5) is 0 Å². The second-order valence-electron chi connectivity index (χ2n) is 7.31. The molecule has 1 saturated carbocycles. The topological polar surface area (TPSA) is 18.5 Å². The van der Waals surface area contributed by atoms with Gasteiger partial charge in [-0.3, -0.25) is 0 Å². The maximum Gasteiger partial charge on any atom is 0.462 e. The highest BCUT2D eigenvalue weighted by Gasteiger charge is 2.52. The highest BCUT2D eigenvalue weighted by molar-refractivity contribution is 6.46. The molecule has 1 heterocycles. The quantitative estimate of drug-likeness (QED) is 0.546. The maximum atomic E-state index is 6.13. The molecule has 100 valence electrons. The van der Waals surface area contributed by atoms with Crippen molar-refractivity contribution in [2.24, 2.45) is 11.8 Å². The zero-order chi connectivity index (χ0) is 13.1. The first-order valence-electron chi connectivity index (χ1n) is 7.35. The Labute approximate surface area is 111 Å². The van der Waals surface area contributed by atoms with Crippen LogP contribution in [-0.4, -0.2) is 18.3 Å². The summed E-state index contributed by atoms with van der Waals surface area (Å²) in [7, 11) is -0.0423. The molecule has 3 aliphatic rings. The second-order valence-corrected chi connectivity index (χ2v) is 7.31. The van der Waals surface area contributed by atoms with Crippen LogP contribution in [0.15, 0.2) is 11.1 Å². The molecular formula is C15H25BO2. The van der Waals surface area contributed by atoms with Crippen molar-refractivity contribution in [3.8, 4) is 0 Å². The first kappa shape index (κ1) is 12.7. The fourth-order valence-corrected chi connectivity index (χ4v) is 3.83. The molecule has 0 aromatic heterocycles. The molecular weight excluding hydrogens is 223 g/mol. The van der Waals surface area contributed by atoms with E-state index in [-0.39, 0.29) is 18.3 Å². The Morgan fingerprint density at radius 1 is 1.06 bits per heavy atom. The summed E-state index contributed by atoms with van der Waals surface area (Å²) in [5.74, 6) is 1.70. The van der Waals surface area contributed by atoms with Crippen molar-refractivity contribution >= 4 is 7.12 Å². The third-order valence-electron chi connectivity index (χ3n) is 5.73. The van der Waals surface area contributed by atoms with E-state index >= 15 is 0 Å². The molecule has 2 aliphatic carbocycles. The Bertz CT molecular complexity index is 381. The van der Waals surface area contributed by atoms with Gasteiger partial charge in [0.2, 0.25) is 0 Å². The number of hydrogen-bond donors (Lipinski definition) is 0. The molecule has 0 radical (unpaired) electrons. The first-order valence-corrected chi connectivity index (χ1v) is 7.35. The smallest absolute Gasteiger partial charge is 0.403 e. The van der Waals surface area contributed by atoms with Crippen molar-refractivity contribution in [2.45, 2.75) is 71.4 Å². The Morgan fingerprint density at radius 3 is 2.11 bits per heavy atom. The van der Waals surface area contributed by atoms with E-state index in [1.54, 1.807) is 11.1 Å². The number of allylic oxidation sites excluding steroid dienone is 2. The molecule has 2 atom stereocenters. The summed E-state index contributed by atoms with van der Waals surface area (Å²) in [5.41, 5.74) is 2.90. The largest absolute Gasteiger partial charge is 0.462 e. The maximum absolute atomic E-state index is 6.13. The Hall–Kier alpha value is -0.275. The van der Waals surface area contributed by atoms with Gasteiger partial charge in [-0.15, -0.1) is 0 Å². The molecule has 18 heavy (non-hydrogen) atoms. The van der Waals surface area contributed by atoms with Gasteiger partial charge >= 0.3 is 7.12 Å². The van der Waals surface area contributed by atoms with E-state index in [0.717, 1.165) is 18.2 Å². The molecule has 0 spiro atoms. The van der Waals surface area contributed by atoms with Crippen molar-refractivity contribution in [1.82, 2.24) is 0 Å². The lowest BCUT2D eigenvalue weighted by atomic mass is 9.75. The van der Waals surface area contributed by atoms with Crippen LogP contribution in [0.5, 0.6) is 0 Å². The Kier molecular flexibility index (Phi) is 2.73. The number of fused-ring (bicyclic) bond motifs is 2. The zero-order valence-corrected chi connectivity index (χ0v) is 12.4. The average molecular weight is 248 g/mol. The molecule has 0 aromatic carbocycles. The van der Waals surface area contributed by atoms with Crippen LogP contribution < -0.4 is 0 Å². The predicted octanol–water partition coefficient (Wildman–Crippen LogP) is 3.83. The highest BCUT2D eigenvalue weighted by atomic mass is 16.7. The van der Waals surface area contributed by atoms with Crippen molar-refractivity contribution in [2.75, 3.05) is 0 Å². The van der Waals surface area contributed by atoms with Crippen LogP contribution >= 0.6 is 0 Å². The summed E-state index contributed by atoms with van der Waals surface area (Å²) in [6.45, 7) is 10.9. The summed E-state index contributed by atoms with van der Waals surface area (Å²) < 4.78 is 12.3. The van der Waals surface area contributed by atoms with Crippen LogP contribution in [0.2, 0.25) is 6.32 Å². The molecule has 0 aromatic rings. The van der Waals surface area contributed by atoms with Gasteiger partial charge in [-0.05, 0) is 65.7 Å². The van der Waals surface area contributed by atoms with Gasteiger partial charge in [-0.1, -0.05) is 11.1 Å². The van der Waals surface area contributed by atoms with Crippen LogP contribution in [0, 0.1) is 11.8 Å². The van der Waals surface area contributed by atoms with Crippen molar-refractivity contribution in [3.05, 3.63) is 11.1 Å². The zero-order valence-electron chi connectivity index (χ0n) is 12.4. The number of hydrogen-bond acceptors (Lipinski definition) is 2. The summed E-state index contributed by atoms with van der Waals surface area (Å²) in [6, 6.07) is 0. The second kappa shape index (κ2) is 3.86. The van der Waals surface area contributed by atoms with Crippen LogP contribution in [-0.2, 0) is 9.31 Å². The molecule has 0 amide bonds. The van der Waals surface area contributed by atoms with Gasteiger partial charge in [0.15, 0.2) is 0 Å². The van der Waals surface area contributed by atoms with E-state index in [2.05, 4.69) is 34.6 Å². The average Bonchev–Trinajstić information content (AvgIpc) is 2.84. The summed E-state index contributed by atoms with van der Waals surface area (Å²) in [4.78, 5) is 0. The van der Waals surface area contributed by atoms with Gasteiger partial charge in [0.1, 0.15) is 0 Å². The minimum Gasteiger partial charge on any atom is -0.403 e. The third kappa shape index (κ3) is 1.78. The van der Waals surface area contributed by atoms with E-state index in [4.69, 9.17) is 9.31 Å². The van der Waals surface area contributed by atoms with Gasteiger partial charge in [0, 0.05) is 6.32 Å². The summed E-state index contributed by atoms with van der Waals surface area (Å²) in [5, 5.41) is 0.